The molecule has 5 rings (SSSR count). The van der Waals surface area contributed by atoms with Gasteiger partial charge in [0.2, 0.25) is 5.91 Å². The fraction of sp³-hybridized carbons (Fsp3) is 0.722. The predicted molar refractivity (Wildman–Crippen MR) is 86.5 cm³/mol. The van der Waals surface area contributed by atoms with Gasteiger partial charge in [-0.2, -0.15) is 0 Å². The first kappa shape index (κ1) is 15.1. The van der Waals surface area contributed by atoms with Crippen molar-refractivity contribution in [3.8, 4) is 0 Å². The number of nitrogens with zero attached hydrogens (tertiary/aromatic N) is 2. The quantitative estimate of drug-likeness (QED) is 0.795. The Morgan fingerprint density at radius 2 is 1.74 bits per heavy atom. The van der Waals surface area contributed by atoms with Crippen molar-refractivity contribution >= 4 is 5.91 Å². The highest BCUT2D eigenvalue weighted by molar-refractivity contribution is 5.89. The lowest BCUT2D eigenvalue weighted by molar-refractivity contribution is -0.138. The van der Waals surface area contributed by atoms with Crippen LogP contribution in [0.3, 0.4) is 0 Å². The van der Waals surface area contributed by atoms with Gasteiger partial charge in [0.25, 0.3) is 0 Å². The van der Waals surface area contributed by atoms with Gasteiger partial charge in [0.1, 0.15) is 11.5 Å². The van der Waals surface area contributed by atoms with Gasteiger partial charge < -0.3 is 19.3 Å². The van der Waals surface area contributed by atoms with E-state index in [9.17, 15) is 4.79 Å². The van der Waals surface area contributed by atoms with Crippen LogP contribution in [0.25, 0.3) is 0 Å². The molecule has 2 bridgehead atoms. The van der Waals surface area contributed by atoms with E-state index in [4.69, 9.17) is 9.47 Å². The van der Waals surface area contributed by atoms with Gasteiger partial charge in [-0.25, -0.2) is 0 Å². The molecular weight excluding hydrogens is 292 g/mol. The first-order chi connectivity index (χ1) is 11.1. The first-order valence-corrected chi connectivity index (χ1v) is 8.70. The Bertz CT molecular complexity index is 541. The van der Waals surface area contributed by atoms with Gasteiger partial charge in [-0.1, -0.05) is 0 Å². The molecule has 126 valence electrons. The van der Waals surface area contributed by atoms with E-state index in [2.05, 4.69) is 9.80 Å². The lowest BCUT2D eigenvalue weighted by Gasteiger charge is -2.48. The average molecular weight is 318 g/mol. The summed E-state index contributed by atoms with van der Waals surface area (Å²) in [6, 6.07) is 0.394. The molecule has 0 aromatic carbocycles. The van der Waals surface area contributed by atoms with E-state index in [-0.39, 0.29) is 5.91 Å². The number of carbonyl (C=O) groups excluding carboxylic acids is 1. The van der Waals surface area contributed by atoms with Gasteiger partial charge in [-0.15, -0.1) is 0 Å². The maximum absolute atomic E-state index is 13.3. The number of hydrogen-bond acceptors (Lipinski definition) is 4. The fourth-order valence-corrected chi connectivity index (χ4v) is 4.80. The van der Waals surface area contributed by atoms with E-state index in [0.29, 0.717) is 18.4 Å². The monoisotopic (exact) mass is 318 g/mol. The highest BCUT2D eigenvalue weighted by Gasteiger charge is 2.50. The van der Waals surface area contributed by atoms with E-state index in [0.717, 1.165) is 31.0 Å². The maximum atomic E-state index is 13.3. The van der Waals surface area contributed by atoms with Crippen LogP contribution in [-0.4, -0.2) is 62.1 Å². The van der Waals surface area contributed by atoms with Crippen molar-refractivity contribution in [3.63, 3.8) is 0 Å². The Balaban J connectivity index is 1.60. The van der Waals surface area contributed by atoms with Crippen LogP contribution in [-0.2, 0) is 14.3 Å². The maximum Gasteiger partial charge on any atom is 0.237 e. The molecule has 1 aliphatic carbocycles. The summed E-state index contributed by atoms with van der Waals surface area (Å²) in [5.74, 6) is 2.60. The van der Waals surface area contributed by atoms with Crippen LogP contribution in [0.15, 0.2) is 23.7 Å². The molecule has 4 aliphatic heterocycles. The van der Waals surface area contributed by atoms with Crippen LogP contribution >= 0.6 is 0 Å². The molecule has 0 saturated carbocycles. The average Bonchev–Trinajstić information content (AvgIpc) is 2.91. The third kappa shape index (κ3) is 2.36. The summed E-state index contributed by atoms with van der Waals surface area (Å²) >= 11 is 0. The summed E-state index contributed by atoms with van der Waals surface area (Å²) in [5, 5.41) is 0. The van der Waals surface area contributed by atoms with Crippen molar-refractivity contribution in [2.24, 2.45) is 11.3 Å². The minimum Gasteiger partial charge on any atom is -0.501 e. The Kier molecular flexibility index (Phi) is 3.63. The van der Waals surface area contributed by atoms with Crippen LogP contribution in [0, 0.1) is 11.3 Å². The van der Waals surface area contributed by atoms with Crippen molar-refractivity contribution in [2.75, 3.05) is 40.4 Å². The number of piperidine rings is 3. The number of rotatable bonds is 3. The Labute approximate surface area is 137 Å². The molecule has 4 saturated heterocycles. The van der Waals surface area contributed by atoms with Crippen LogP contribution < -0.4 is 0 Å². The summed E-state index contributed by atoms with van der Waals surface area (Å²) in [7, 11) is 3.34. The number of likely N-dealkylation sites (tertiary alicyclic amines) is 1. The third-order valence-electron chi connectivity index (χ3n) is 6.16. The summed E-state index contributed by atoms with van der Waals surface area (Å²) in [5.41, 5.74) is -0.555. The molecule has 0 radical (unpaired) electrons. The first-order valence-electron chi connectivity index (χ1n) is 8.70. The molecule has 4 heterocycles. The van der Waals surface area contributed by atoms with Crippen LogP contribution in [0.1, 0.15) is 25.7 Å². The lowest BCUT2D eigenvalue weighted by Crippen LogP contribution is -2.58. The van der Waals surface area contributed by atoms with Gasteiger partial charge in [-0.3, -0.25) is 4.79 Å². The number of carbonyl (C=O) groups is 1. The standard InChI is InChI=1S/C18H26N2O3/c1-22-14-9-15(23-2)11-18(10-14)5-8-20(17(18)21)16-12-19-6-3-13(16)4-7-19/h10-11,13,16H,3-9,12H2,1-2H3. The normalized spacial score (nSPS) is 35.3. The van der Waals surface area contributed by atoms with Crippen LogP contribution in [0.4, 0.5) is 0 Å². The minimum atomic E-state index is -0.555. The molecule has 1 spiro atoms. The van der Waals surface area contributed by atoms with Crippen molar-refractivity contribution in [1.82, 2.24) is 9.80 Å². The van der Waals surface area contributed by atoms with Crippen molar-refractivity contribution < 1.29 is 14.3 Å². The minimum absolute atomic E-state index is 0.236. The van der Waals surface area contributed by atoms with E-state index in [1.165, 1.54) is 25.9 Å². The molecule has 1 unspecified atom stereocenters. The topological polar surface area (TPSA) is 42.0 Å². The highest BCUT2D eigenvalue weighted by Crippen LogP contribution is 2.44. The summed E-state index contributed by atoms with van der Waals surface area (Å²) in [4.78, 5) is 17.9. The number of fused-ring (bicyclic) bond motifs is 3. The van der Waals surface area contributed by atoms with Crippen molar-refractivity contribution in [1.29, 1.82) is 0 Å². The Hall–Kier alpha value is -1.49. The van der Waals surface area contributed by atoms with Gasteiger partial charge in [0, 0.05) is 19.1 Å². The number of methoxy groups -OCH3 is 2. The number of amides is 1. The predicted octanol–water partition coefficient (Wildman–Crippen LogP) is 1.76. The molecule has 4 fully saturated rings. The number of ether oxygens (including phenoxy) is 2. The highest BCUT2D eigenvalue weighted by atomic mass is 16.5. The van der Waals surface area contributed by atoms with E-state index >= 15 is 0 Å². The van der Waals surface area contributed by atoms with Gasteiger partial charge >= 0.3 is 0 Å². The van der Waals surface area contributed by atoms with E-state index in [1.54, 1.807) is 14.2 Å². The van der Waals surface area contributed by atoms with Gasteiger partial charge in [-0.05, 0) is 50.4 Å². The zero-order chi connectivity index (χ0) is 16.0. The zero-order valence-corrected chi connectivity index (χ0v) is 14.1. The molecule has 23 heavy (non-hydrogen) atoms. The molecular formula is C18H26N2O3. The molecule has 0 aromatic heterocycles. The molecule has 0 N–H and O–H groups in total. The Morgan fingerprint density at radius 3 is 2.26 bits per heavy atom. The molecule has 1 amide bonds. The van der Waals surface area contributed by atoms with Crippen LogP contribution in [0.2, 0.25) is 0 Å². The third-order valence-corrected chi connectivity index (χ3v) is 6.16. The van der Waals surface area contributed by atoms with Gasteiger partial charge in [0.15, 0.2) is 0 Å². The summed E-state index contributed by atoms with van der Waals surface area (Å²) in [6.45, 7) is 4.30. The zero-order valence-electron chi connectivity index (χ0n) is 14.1. The lowest BCUT2D eigenvalue weighted by atomic mass is 9.80. The summed E-state index contributed by atoms with van der Waals surface area (Å²) in [6.07, 6.45) is 7.99. The second-order valence-electron chi connectivity index (χ2n) is 7.30. The van der Waals surface area contributed by atoms with Gasteiger partial charge in [0.05, 0.1) is 26.1 Å². The molecule has 0 aromatic rings. The molecule has 5 aliphatic rings. The second kappa shape index (κ2) is 5.55. The van der Waals surface area contributed by atoms with E-state index < -0.39 is 5.41 Å². The second-order valence-corrected chi connectivity index (χ2v) is 7.30. The largest absolute Gasteiger partial charge is 0.501 e. The van der Waals surface area contributed by atoms with Crippen molar-refractivity contribution in [3.05, 3.63) is 23.7 Å². The SMILES string of the molecule is COC1=CC2(C=C(OC)C1)CCN(C1CN3CCC1CC3)C2=O. The Morgan fingerprint density at radius 1 is 1.09 bits per heavy atom. The molecule has 1 atom stereocenters. The smallest absolute Gasteiger partial charge is 0.237 e. The number of hydrogen-bond donors (Lipinski definition) is 0. The molecule has 5 heteroatoms. The van der Waals surface area contributed by atoms with Crippen LogP contribution in [0.5, 0.6) is 0 Å². The fourth-order valence-electron chi connectivity index (χ4n) is 4.80. The molecule has 5 nitrogen and oxygen atoms in total. The van der Waals surface area contributed by atoms with Crippen molar-refractivity contribution in [2.45, 2.75) is 31.7 Å². The summed E-state index contributed by atoms with van der Waals surface area (Å²) < 4.78 is 10.9. The van der Waals surface area contributed by atoms with E-state index in [1.807, 2.05) is 12.2 Å².